The summed E-state index contributed by atoms with van der Waals surface area (Å²) in [5.41, 5.74) is 2.76. The third-order valence-electron chi connectivity index (χ3n) is 3.59. The van der Waals surface area contributed by atoms with E-state index in [0.29, 0.717) is 18.3 Å². The molecule has 1 N–H and O–H groups in total. The Morgan fingerprint density at radius 2 is 2.21 bits per heavy atom. The summed E-state index contributed by atoms with van der Waals surface area (Å²) in [5, 5.41) is 3.21. The lowest BCUT2D eigenvalue weighted by Gasteiger charge is -2.30. The van der Waals surface area contributed by atoms with Gasteiger partial charge in [0.25, 0.3) is 0 Å². The Labute approximate surface area is 110 Å². The molecule has 0 radical (unpaired) electrons. The van der Waals surface area contributed by atoms with Gasteiger partial charge in [-0.2, -0.15) is 8.78 Å². The number of alkyl halides is 2. The Kier molecular flexibility index (Phi) is 3.29. The summed E-state index contributed by atoms with van der Waals surface area (Å²) in [6.07, 6.45) is 3.77. The molecule has 1 aliphatic carbocycles. The molecule has 1 unspecified atom stereocenters. The Morgan fingerprint density at radius 3 is 3.00 bits per heavy atom. The number of aromatic nitrogens is 2. The van der Waals surface area contributed by atoms with Crippen molar-refractivity contribution in [2.45, 2.75) is 25.4 Å². The molecule has 1 aromatic heterocycles. The average molecular weight is 263 g/mol. The Morgan fingerprint density at radius 1 is 1.37 bits per heavy atom. The molecule has 5 heteroatoms. The van der Waals surface area contributed by atoms with Crippen molar-refractivity contribution in [3.05, 3.63) is 53.6 Å². The van der Waals surface area contributed by atoms with E-state index in [0.717, 1.165) is 17.5 Å². The number of nitrogens with zero attached hydrogens (tertiary/aromatic N) is 2. The normalized spacial score (nSPS) is 17.3. The number of rotatable bonds is 5. The molecule has 19 heavy (non-hydrogen) atoms. The highest BCUT2D eigenvalue weighted by atomic mass is 19.3. The van der Waals surface area contributed by atoms with E-state index in [2.05, 4.69) is 22.4 Å². The Balaban J connectivity index is 1.54. The lowest BCUT2D eigenvalue weighted by Crippen LogP contribution is -2.29. The van der Waals surface area contributed by atoms with Gasteiger partial charge >= 0.3 is 6.55 Å². The lowest BCUT2D eigenvalue weighted by molar-refractivity contribution is 0.0666. The van der Waals surface area contributed by atoms with Crippen molar-refractivity contribution in [1.82, 2.24) is 14.9 Å². The highest BCUT2D eigenvalue weighted by molar-refractivity contribution is 5.40. The fourth-order valence-corrected chi connectivity index (χ4v) is 2.56. The van der Waals surface area contributed by atoms with Crippen molar-refractivity contribution in [3.63, 3.8) is 0 Å². The largest absolute Gasteiger partial charge is 0.319 e. The number of imidazole rings is 1. The summed E-state index contributed by atoms with van der Waals surface area (Å²) in [4.78, 5) is 3.94. The van der Waals surface area contributed by atoms with E-state index in [1.54, 1.807) is 0 Å². The summed E-state index contributed by atoms with van der Waals surface area (Å²) in [5.74, 6) is 0.869. The third-order valence-corrected chi connectivity index (χ3v) is 3.59. The summed E-state index contributed by atoms with van der Waals surface area (Å²) in [6.45, 7) is -1.35. The molecular weight excluding hydrogens is 248 g/mol. The molecule has 0 bridgehead atoms. The molecule has 0 saturated carbocycles. The van der Waals surface area contributed by atoms with Crippen molar-refractivity contribution in [3.8, 4) is 0 Å². The summed E-state index contributed by atoms with van der Waals surface area (Å²) < 4.78 is 26.1. The van der Waals surface area contributed by atoms with Gasteiger partial charge < -0.3 is 5.32 Å². The van der Waals surface area contributed by atoms with Crippen LogP contribution >= 0.6 is 0 Å². The zero-order valence-corrected chi connectivity index (χ0v) is 10.4. The second-order valence-corrected chi connectivity index (χ2v) is 4.76. The van der Waals surface area contributed by atoms with Crippen LogP contribution in [0.3, 0.4) is 0 Å². The zero-order chi connectivity index (χ0) is 13.2. The predicted molar refractivity (Wildman–Crippen MR) is 68.1 cm³/mol. The molecule has 100 valence electrons. The van der Waals surface area contributed by atoms with E-state index in [4.69, 9.17) is 0 Å². The fourth-order valence-electron chi connectivity index (χ4n) is 2.56. The van der Waals surface area contributed by atoms with E-state index >= 15 is 0 Å². The number of hydrogen-bond donors (Lipinski definition) is 1. The Bertz CT molecular complexity index is 565. The average Bonchev–Trinajstić information content (AvgIpc) is 2.83. The van der Waals surface area contributed by atoms with Gasteiger partial charge in [-0.1, -0.05) is 24.3 Å². The number of benzene rings is 1. The van der Waals surface area contributed by atoms with Gasteiger partial charge in [0.2, 0.25) is 0 Å². The van der Waals surface area contributed by atoms with Crippen LogP contribution in [0.1, 0.15) is 29.4 Å². The van der Waals surface area contributed by atoms with E-state index in [-0.39, 0.29) is 0 Å². The minimum Gasteiger partial charge on any atom is -0.309 e. The zero-order valence-electron chi connectivity index (χ0n) is 10.4. The molecule has 3 rings (SSSR count). The van der Waals surface area contributed by atoms with Gasteiger partial charge in [-0.25, -0.2) is 4.98 Å². The quantitative estimate of drug-likeness (QED) is 0.899. The molecule has 0 spiro atoms. The van der Waals surface area contributed by atoms with Gasteiger partial charge in [0.1, 0.15) is 5.82 Å². The van der Waals surface area contributed by atoms with Crippen LogP contribution < -0.4 is 5.32 Å². The molecule has 1 atom stereocenters. The molecule has 0 fully saturated rings. The highest BCUT2D eigenvalue weighted by Crippen LogP contribution is 2.34. The second-order valence-electron chi connectivity index (χ2n) is 4.76. The van der Waals surface area contributed by atoms with E-state index in [9.17, 15) is 8.78 Å². The summed E-state index contributed by atoms with van der Waals surface area (Å²) in [7, 11) is 0. The molecule has 1 aliphatic rings. The molecule has 1 heterocycles. The van der Waals surface area contributed by atoms with Gasteiger partial charge in [0.05, 0.1) is 6.54 Å². The standard InChI is InChI=1S/C14H15F2N3/c15-14(16)19-6-5-18-13(19)9-17-8-11-7-10-3-1-2-4-12(10)11/h1-6,11,14,17H,7-9H2. The van der Waals surface area contributed by atoms with Crippen LogP contribution in [0.2, 0.25) is 0 Å². The van der Waals surface area contributed by atoms with Crippen LogP contribution in [0.4, 0.5) is 8.78 Å². The van der Waals surface area contributed by atoms with Crippen molar-refractivity contribution < 1.29 is 8.78 Å². The van der Waals surface area contributed by atoms with Gasteiger partial charge in [0, 0.05) is 24.9 Å². The lowest BCUT2D eigenvalue weighted by atomic mass is 9.78. The molecule has 2 aromatic rings. The number of halogens is 2. The topological polar surface area (TPSA) is 29.9 Å². The van der Waals surface area contributed by atoms with Crippen LogP contribution in [0, 0.1) is 0 Å². The number of nitrogens with one attached hydrogen (secondary N) is 1. The molecular formula is C14H15F2N3. The van der Waals surface area contributed by atoms with Crippen LogP contribution in [0.5, 0.6) is 0 Å². The summed E-state index contributed by atoms with van der Waals surface area (Å²) >= 11 is 0. The van der Waals surface area contributed by atoms with Crippen LogP contribution in [0.25, 0.3) is 0 Å². The van der Waals surface area contributed by atoms with Crippen molar-refractivity contribution in [2.75, 3.05) is 6.54 Å². The minimum atomic E-state index is -2.52. The van der Waals surface area contributed by atoms with Gasteiger partial charge in [-0.3, -0.25) is 4.57 Å². The van der Waals surface area contributed by atoms with Crippen molar-refractivity contribution in [1.29, 1.82) is 0 Å². The van der Waals surface area contributed by atoms with E-state index in [1.165, 1.54) is 23.5 Å². The molecule has 1 aromatic carbocycles. The van der Waals surface area contributed by atoms with Gasteiger partial charge in [-0.15, -0.1) is 0 Å². The first kappa shape index (κ1) is 12.3. The maximum Gasteiger partial charge on any atom is 0.319 e. The van der Waals surface area contributed by atoms with Crippen molar-refractivity contribution in [2.24, 2.45) is 0 Å². The molecule has 0 saturated heterocycles. The fraction of sp³-hybridized carbons (Fsp3) is 0.357. The smallest absolute Gasteiger partial charge is 0.309 e. The van der Waals surface area contributed by atoms with Crippen LogP contribution in [-0.2, 0) is 13.0 Å². The molecule has 0 amide bonds. The van der Waals surface area contributed by atoms with Crippen LogP contribution in [0.15, 0.2) is 36.7 Å². The predicted octanol–water partition coefficient (Wildman–Crippen LogP) is 2.71. The monoisotopic (exact) mass is 263 g/mol. The minimum absolute atomic E-state index is 0.371. The Hall–Kier alpha value is -1.75. The maximum absolute atomic E-state index is 12.6. The highest BCUT2D eigenvalue weighted by Gasteiger charge is 2.24. The van der Waals surface area contributed by atoms with Crippen molar-refractivity contribution >= 4 is 0 Å². The second kappa shape index (κ2) is 5.09. The third kappa shape index (κ3) is 2.38. The SMILES string of the molecule is FC(F)n1ccnc1CNCC1Cc2ccccc21. The van der Waals surface area contributed by atoms with Gasteiger partial charge in [-0.05, 0) is 17.5 Å². The number of hydrogen-bond acceptors (Lipinski definition) is 2. The first-order chi connectivity index (χ1) is 9.25. The van der Waals surface area contributed by atoms with Gasteiger partial charge in [0.15, 0.2) is 0 Å². The first-order valence-corrected chi connectivity index (χ1v) is 6.34. The van der Waals surface area contributed by atoms with E-state index < -0.39 is 6.55 Å². The van der Waals surface area contributed by atoms with Crippen LogP contribution in [-0.4, -0.2) is 16.1 Å². The maximum atomic E-state index is 12.6. The number of fused-ring (bicyclic) bond motifs is 1. The molecule has 0 aliphatic heterocycles. The van der Waals surface area contributed by atoms with E-state index in [1.807, 2.05) is 12.1 Å². The molecule has 3 nitrogen and oxygen atoms in total. The first-order valence-electron chi connectivity index (χ1n) is 6.34. The summed E-state index contributed by atoms with van der Waals surface area (Å²) in [6, 6.07) is 8.34.